The summed E-state index contributed by atoms with van der Waals surface area (Å²) in [5.74, 6) is 0.636. The van der Waals surface area contributed by atoms with Crippen LogP contribution in [0.3, 0.4) is 0 Å². The predicted molar refractivity (Wildman–Crippen MR) is 78.1 cm³/mol. The number of carbonyl (C=O) groups is 1. The van der Waals surface area contributed by atoms with Gasteiger partial charge in [-0.3, -0.25) is 4.79 Å². The molecule has 1 fully saturated rings. The van der Waals surface area contributed by atoms with Gasteiger partial charge in [-0.25, -0.2) is 0 Å². The van der Waals surface area contributed by atoms with Gasteiger partial charge in [-0.1, -0.05) is 67.6 Å². The Labute approximate surface area is 119 Å². The maximum absolute atomic E-state index is 12.2. The quantitative estimate of drug-likeness (QED) is 0.787. The van der Waals surface area contributed by atoms with Gasteiger partial charge in [0.25, 0.3) is 0 Å². The number of rotatable bonds is 4. The molecule has 20 heavy (non-hydrogen) atoms. The molecule has 0 saturated heterocycles. The third-order valence-corrected chi connectivity index (χ3v) is 4.06. The molecule has 1 aliphatic carbocycles. The van der Waals surface area contributed by atoms with Crippen LogP contribution in [-0.2, 0) is 16.1 Å². The molecule has 0 unspecified atom stereocenters. The highest BCUT2D eigenvalue weighted by molar-refractivity contribution is 5.78. The van der Waals surface area contributed by atoms with Crippen molar-refractivity contribution in [3.05, 3.63) is 71.8 Å². The molecule has 102 valence electrons. The largest absolute Gasteiger partial charge is 0.461 e. The first-order valence-corrected chi connectivity index (χ1v) is 7.03. The van der Waals surface area contributed by atoms with E-state index in [9.17, 15) is 4.79 Å². The lowest BCUT2D eigenvalue weighted by Gasteiger charge is -2.04. The van der Waals surface area contributed by atoms with Crippen LogP contribution in [0.1, 0.15) is 24.0 Å². The smallest absolute Gasteiger partial charge is 0.310 e. The summed E-state index contributed by atoms with van der Waals surface area (Å²) in [6, 6.07) is 20.0. The van der Waals surface area contributed by atoms with Crippen LogP contribution in [0.5, 0.6) is 0 Å². The minimum atomic E-state index is -0.0739. The van der Waals surface area contributed by atoms with E-state index in [4.69, 9.17) is 4.74 Å². The lowest BCUT2D eigenvalue weighted by molar-refractivity contribution is -0.147. The van der Waals surface area contributed by atoms with E-state index >= 15 is 0 Å². The summed E-state index contributed by atoms with van der Waals surface area (Å²) in [6.07, 6.45) is 0. The molecule has 1 aliphatic rings. The Hall–Kier alpha value is -2.09. The molecule has 2 heteroatoms. The fourth-order valence-corrected chi connectivity index (χ4v) is 2.84. The molecule has 0 N–H and O–H groups in total. The van der Waals surface area contributed by atoms with Gasteiger partial charge in [0.1, 0.15) is 6.61 Å². The van der Waals surface area contributed by atoms with Crippen molar-refractivity contribution in [3.63, 3.8) is 0 Å². The molecule has 0 heterocycles. The molecule has 0 aromatic heterocycles. The van der Waals surface area contributed by atoms with E-state index in [1.165, 1.54) is 5.56 Å². The van der Waals surface area contributed by atoms with E-state index in [0.29, 0.717) is 18.4 Å². The van der Waals surface area contributed by atoms with Gasteiger partial charge >= 0.3 is 5.97 Å². The minimum Gasteiger partial charge on any atom is -0.461 e. The van der Waals surface area contributed by atoms with Gasteiger partial charge in [-0.15, -0.1) is 0 Å². The molecule has 0 bridgehead atoms. The normalized spacial score (nSPS) is 24.1. The van der Waals surface area contributed by atoms with Crippen molar-refractivity contribution in [1.82, 2.24) is 0 Å². The van der Waals surface area contributed by atoms with Crippen LogP contribution in [0, 0.1) is 11.8 Å². The fourth-order valence-electron chi connectivity index (χ4n) is 2.84. The van der Waals surface area contributed by atoms with Crippen LogP contribution < -0.4 is 0 Å². The summed E-state index contributed by atoms with van der Waals surface area (Å²) in [5.41, 5.74) is 2.27. The summed E-state index contributed by atoms with van der Waals surface area (Å²) in [4.78, 5) is 12.2. The van der Waals surface area contributed by atoms with Gasteiger partial charge in [0.05, 0.1) is 5.92 Å². The fraction of sp³-hybridized carbons (Fsp3) is 0.278. The number of benzene rings is 2. The van der Waals surface area contributed by atoms with Crippen LogP contribution in [0.15, 0.2) is 60.7 Å². The van der Waals surface area contributed by atoms with Gasteiger partial charge in [-0.2, -0.15) is 0 Å². The van der Waals surface area contributed by atoms with Crippen LogP contribution in [0.2, 0.25) is 0 Å². The number of esters is 1. The second kappa shape index (κ2) is 5.49. The average molecular weight is 266 g/mol. The number of carbonyl (C=O) groups excluding carboxylic acids is 1. The summed E-state index contributed by atoms with van der Waals surface area (Å²) < 4.78 is 5.44. The second-order valence-electron chi connectivity index (χ2n) is 5.41. The van der Waals surface area contributed by atoms with Gasteiger partial charge in [0.2, 0.25) is 0 Å². The highest BCUT2D eigenvalue weighted by Gasteiger charge is 2.53. The van der Waals surface area contributed by atoms with Crippen molar-refractivity contribution in [2.75, 3.05) is 0 Å². The molecular formula is C18H18O2. The number of hydrogen-bond acceptors (Lipinski definition) is 2. The molecule has 0 amide bonds. The van der Waals surface area contributed by atoms with E-state index in [-0.39, 0.29) is 11.9 Å². The van der Waals surface area contributed by atoms with Crippen molar-refractivity contribution < 1.29 is 9.53 Å². The molecule has 1 saturated carbocycles. The van der Waals surface area contributed by atoms with Crippen molar-refractivity contribution in [3.8, 4) is 0 Å². The first-order chi connectivity index (χ1) is 9.77. The molecule has 2 aromatic carbocycles. The monoisotopic (exact) mass is 266 g/mol. The number of hydrogen-bond donors (Lipinski definition) is 0. The van der Waals surface area contributed by atoms with Crippen LogP contribution in [0.4, 0.5) is 0 Å². The Kier molecular flexibility index (Phi) is 3.55. The topological polar surface area (TPSA) is 26.3 Å². The van der Waals surface area contributed by atoms with Crippen LogP contribution in [0.25, 0.3) is 0 Å². The molecule has 0 aliphatic heterocycles. The third-order valence-electron chi connectivity index (χ3n) is 4.06. The maximum Gasteiger partial charge on any atom is 0.310 e. The van der Waals surface area contributed by atoms with E-state index in [2.05, 4.69) is 19.1 Å². The lowest BCUT2D eigenvalue weighted by Crippen LogP contribution is -2.08. The third kappa shape index (κ3) is 2.60. The zero-order valence-electron chi connectivity index (χ0n) is 11.5. The lowest BCUT2D eigenvalue weighted by atomic mass is 10.1. The molecule has 3 atom stereocenters. The van der Waals surface area contributed by atoms with Crippen LogP contribution in [-0.4, -0.2) is 5.97 Å². The number of ether oxygens (including phenoxy) is 1. The Balaban J connectivity index is 1.59. The highest BCUT2D eigenvalue weighted by atomic mass is 16.5. The van der Waals surface area contributed by atoms with Gasteiger partial charge < -0.3 is 4.74 Å². The van der Waals surface area contributed by atoms with Gasteiger partial charge in [0, 0.05) is 5.92 Å². The van der Waals surface area contributed by atoms with Crippen molar-refractivity contribution in [1.29, 1.82) is 0 Å². The summed E-state index contributed by atoms with van der Waals surface area (Å²) in [5, 5.41) is 0. The molecule has 2 aromatic rings. The van der Waals surface area contributed by atoms with E-state index in [0.717, 1.165) is 5.56 Å². The maximum atomic E-state index is 12.2. The molecule has 0 radical (unpaired) electrons. The molecule has 0 spiro atoms. The minimum absolute atomic E-state index is 0.0149. The average Bonchev–Trinajstić information content (AvgIpc) is 3.18. The standard InChI is InChI=1S/C18H18O2/c1-13-16(15-10-6-3-7-11-15)17(13)18(19)20-12-14-8-4-2-5-9-14/h2-11,13,16-17H,12H2,1H3/t13-,16+,17-/m0/s1. The van der Waals surface area contributed by atoms with Crippen molar-refractivity contribution >= 4 is 5.97 Å². The summed E-state index contributed by atoms with van der Waals surface area (Å²) >= 11 is 0. The van der Waals surface area contributed by atoms with Gasteiger partial charge in [0.15, 0.2) is 0 Å². The Morgan fingerprint density at radius 2 is 1.60 bits per heavy atom. The van der Waals surface area contributed by atoms with E-state index in [1.807, 2.05) is 48.5 Å². The zero-order chi connectivity index (χ0) is 13.9. The van der Waals surface area contributed by atoms with Crippen molar-refractivity contribution in [2.24, 2.45) is 11.8 Å². The van der Waals surface area contributed by atoms with Gasteiger partial charge in [-0.05, 0) is 17.0 Å². The molecular weight excluding hydrogens is 248 g/mol. The van der Waals surface area contributed by atoms with E-state index < -0.39 is 0 Å². The zero-order valence-corrected chi connectivity index (χ0v) is 11.5. The van der Waals surface area contributed by atoms with E-state index in [1.54, 1.807) is 0 Å². The Morgan fingerprint density at radius 1 is 1.00 bits per heavy atom. The van der Waals surface area contributed by atoms with Crippen LogP contribution >= 0.6 is 0 Å². The SMILES string of the molecule is C[C@@H]1[C@H](C(=O)OCc2ccccc2)[C@H]1c1ccccc1. The first kappa shape index (κ1) is 12.9. The first-order valence-electron chi connectivity index (χ1n) is 7.03. The van der Waals surface area contributed by atoms with Crippen molar-refractivity contribution in [2.45, 2.75) is 19.4 Å². The summed E-state index contributed by atoms with van der Waals surface area (Å²) in [6.45, 7) is 2.48. The predicted octanol–water partition coefficient (Wildman–Crippen LogP) is 3.78. The molecule has 2 nitrogen and oxygen atoms in total. The summed E-state index contributed by atoms with van der Waals surface area (Å²) in [7, 11) is 0. The molecule has 3 rings (SSSR count). The second-order valence-corrected chi connectivity index (χ2v) is 5.41. The Morgan fingerprint density at radius 3 is 2.25 bits per heavy atom. The highest BCUT2D eigenvalue weighted by Crippen LogP contribution is 2.54. The Bertz CT molecular complexity index is 577.